The topological polar surface area (TPSA) is 27.0 Å². The van der Waals surface area contributed by atoms with Crippen LogP contribution in [0.2, 0.25) is 5.02 Å². The summed E-state index contributed by atoms with van der Waals surface area (Å²) in [6.45, 7) is 0.201. The van der Waals surface area contributed by atoms with Gasteiger partial charge >= 0.3 is 6.18 Å². The van der Waals surface area contributed by atoms with Crippen molar-refractivity contribution in [2.75, 3.05) is 6.54 Å². The van der Waals surface area contributed by atoms with E-state index in [1.54, 1.807) is 6.19 Å². The van der Waals surface area contributed by atoms with Crippen LogP contribution in [0.25, 0.3) is 0 Å². The zero-order valence-electron chi connectivity index (χ0n) is 9.59. The first kappa shape index (κ1) is 13.9. The number of hydrogen-bond acceptors (Lipinski definition) is 2. The number of nitriles is 1. The van der Waals surface area contributed by atoms with Crippen LogP contribution in [0.4, 0.5) is 17.6 Å². The lowest BCUT2D eigenvalue weighted by Crippen LogP contribution is -2.22. The molecular formula is C12H9ClF4N2. The van der Waals surface area contributed by atoms with E-state index in [1.165, 1.54) is 6.07 Å². The van der Waals surface area contributed by atoms with Crippen molar-refractivity contribution in [1.29, 1.82) is 5.26 Å². The van der Waals surface area contributed by atoms with Crippen LogP contribution >= 0.6 is 11.6 Å². The van der Waals surface area contributed by atoms with Gasteiger partial charge in [0.15, 0.2) is 6.19 Å². The van der Waals surface area contributed by atoms with Crippen LogP contribution in [0.5, 0.6) is 0 Å². The Labute approximate surface area is 112 Å². The van der Waals surface area contributed by atoms with Crippen LogP contribution in [-0.2, 0) is 6.18 Å². The monoisotopic (exact) mass is 292 g/mol. The molecule has 1 saturated heterocycles. The summed E-state index contributed by atoms with van der Waals surface area (Å²) in [7, 11) is 0. The molecule has 1 heterocycles. The molecule has 1 fully saturated rings. The molecule has 0 bridgehead atoms. The zero-order chi connectivity index (χ0) is 14.2. The van der Waals surface area contributed by atoms with E-state index in [1.807, 2.05) is 0 Å². The summed E-state index contributed by atoms with van der Waals surface area (Å²) in [5.74, 6) is 0. The molecule has 0 saturated carbocycles. The quantitative estimate of drug-likeness (QED) is 0.579. The van der Waals surface area contributed by atoms with Gasteiger partial charge in [-0.3, -0.25) is 0 Å². The molecule has 0 N–H and O–H groups in total. The molecule has 2 rings (SSSR count). The molecule has 2 unspecified atom stereocenters. The van der Waals surface area contributed by atoms with Crippen molar-refractivity contribution in [3.63, 3.8) is 0 Å². The van der Waals surface area contributed by atoms with E-state index < -0.39 is 29.0 Å². The van der Waals surface area contributed by atoms with Gasteiger partial charge in [0.25, 0.3) is 0 Å². The third-order valence-corrected chi connectivity index (χ3v) is 3.42. The second-order valence-corrected chi connectivity index (χ2v) is 4.69. The van der Waals surface area contributed by atoms with Crippen LogP contribution in [0, 0.1) is 11.5 Å². The molecule has 0 spiro atoms. The maximum atomic E-state index is 13.7. The molecule has 1 aromatic carbocycles. The number of halogens is 5. The first-order chi connectivity index (χ1) is 8.84. The highest BCUT2D eigenvalue weighted by atomic mass is 35.5. The summed E-state index contributed by atoms with van der Waals surface area (Å²) in [4.78, 5) is 1.15. The molecule has 102 valence electrons. The van der Waals surface area contributed by atoms with Gasteiger partial charge in [-0.15, -0.1) is 0 Å². The molecule has 0 aromatic heterocycles. The highest BCUT2D eigenvalue weighted by Gasteiger charge is 2.38. The molecule has 1 aliphatic heterocycles. The molecule has 2 atom stereocenters. The van der Waals surface area contributed by atoms with E-state index in [9.17, 15) is 17.6 Å². The van der Waals surface area contributed by atoms with E-state index in [0.717, 1.165) is 17.0 Å². The van der Waals surface area contributed by atoms with Gasteiger partial charge in [-0.05, 0) is 24.1 Å². The first-order valence-electron chi connectivity index (χ1n) is 5.51. The minimum Gasteiger partial charge on any atom is -0.300 e. The third-order valence-electron chi connectivity index (χ3n) is 3.09. The smallest absolute Gasteiger partial charge is 0.300 e. The molecule has 0 aliphatic carbocycles. The maximum Gasteiger partial charge on any atom is 0.417 e. The summed E-state index contributed by atoms with van der Waals surface area (Å²) < 4.78 is 51.9. The van der Waals surface area contributed by atoms with Gasteiger partial charge in [-0.2, -0.15) is 18.4 Å². The molecule has 7 heteroatoms. The summed E-state index contributed by atoms with van der Waals surface area (Å²) in [6, 6.07) is 2.25. The minimum atomic E-state index is -4.60. The second-order valence-electron chi connectivity index (χ2n) is 4.28. The number of hydrogen-bond donors (Lipinski definition) is 0. The molecule has 2 nitrogen and oxygen atoms in total. The lowest BCUT2D eigenvalue weighted by molar-refractivity contribution is -0.137. The predicted octanol–water partition coefficient (Wildman–Crippen LogP) is 3.92. The van der Waals surface area contributed by atoms with Crippen molar-refractivity contribution in [3.05, 3.63) is 34.3 Å². The highest BCUT2D eigenvalue weighted by Crippen LogP contribution is 2.39. The average molecular weight is 293 g/mol. The molecular weight excluding hydrogens is 284 g/mol. The molecule has 0 radical (unpaired) electrons. The van der Waals surface area contributed by atoms with Crippen molar-refractivity contribution in [2.24, 2.45) is 0 Å². The maximum absolute atomic E-state index is 13.7. The van der Waals surface area contributed by atoms with E-state index >= 15 is 0 Å². The van der Waals surface area contributed by atoms with Gasteiger partial charge in [0.2, 0.25) is 0 Å². The van der Waals surface area contributed by atoms with E-state index in [4.69, 9.17) is 16.9 Å². The van der Waals surface area contributed by atoms with Crippen LogP contribution in [-0.4, -0.2) is 17.6 Å². The van der Waals surface area contributed by atoms with Gasteiger partial charge in [-0.1, -0.05) is 17.7 Å². The number of nitrogens with zero attached hydrogens (tertiary/aromatic N) is 2. The zero-order valence-corrected chi connectivity index (χ0v) is 10.3. The summed E-state index contributed by atoms with van der Waals surface area (Å²) in [6.07, 6.45) is -4.04. The summed E-state index contributed by atoms with van der Waals surface area (Å²) >= 11 is 5.50. The predicted molar refractivity (Wildman–Crippen MR) is 61.0 cm³/mol. The Bertz CT molecular complexity index is 523. The fourth-order valence-electron chi connectivity index (χ4n) is 2.20. The van der Waals surface area contributed by atoms with Gasteiger partial charge in [0.1, 0.15) is 6.17 Å². The minimum absolute atomic E-state index is 0.114. The van der Waals surface area contributed by atoms with Gasteiger partial charge in [-0.25, -0.2) is 4.39 Å². The largest absolute Gasteiger partial charge is 0.417 e. The van der Waals surface area contributed by atoms with Crippen molar-refractivity contribution in [2.45, 2.75) is 24.8 Å². The molecule has 1 aromatic rings. The highest BCUT2D eigenvalue weighted by molar-refractivity contribution is 6.31. The Morgan fingerprint density at radius 3 is 2.63 bits per heavy atom. The van der Waals surface area contributed by atoms with Crippen molar-refractivity contribution < 1.29 is 17.6 Å². The van der Waals surface area contributed by atoms with E-state index in [2.05, 4.69) is 0 Å². The Hall–Kier alpha value is -1.48. The Kier molecular flexibility index (Phi) is 3.59. The standard InChI is InChI=1S/C12H9ClF4N2/c13-9-2-1-7(5-8(9)12(15,16)17)11-10(14)3-4-19(11)6-18/h1-2,5,10-11H,3-4H2. The third kappa shape index (κ3) is 2.61. The van der Waals surface area contributed by atoms with Gasteiger partial charge in [0.05, 0.1) is 16.6 Å². The lowest BCUT2D eigenvalue weighted by Gasteiger charge is -2.21. The van der Waals surface area contributed by atoms with E-state index in [0.29, 0.717) is 0 Å². The Morgan fingerprint density at radius 2 is 2.05 bits per heavy atom. The van der Waals surface area contributed by atoms with Crippen LogP contribution in [0.1, 0.15) is 23.6 Å². The molecule has 19 heavy (non-hydrogen) atoms. The van der Waals surface area contributed by atoms with E-state index in [-0.39, 0.29) is 18.5 Å². The summed E-state index contributed by atoms with van der Waals surface area (Å²) in [5, 5.41) is 8.42. The lowest BCUT2D eigenvalue weighted by atomic mass is 10.0. The Balaban J connectivity index is 2.44. The second kappa shape index (κ2) is 4.89. The summed E-state index contributed by atoms with van der Waals surface area (Å²) in [5.41, 5.74) is -0.896. The number of rotatable bonds is 1. The number of benzene rings is 1. The first-order valence-corrected chi connectivity index (χ1v) is 5.89. The van der Waals surface area contributed by atoms with Gasteiger partial charge in [0, 0.05) is 6.54 Å². The van der Waals surface area contributed by atoms with Crippen LogP contribution in [0.3, 0.4) is 0 Å². The Morgan fingerprint density at radius 1 is 1.37 bits per heavy atom. The van der Waals surface area contributed by atoms with Crippen molar-refractivity contribution in [3.8, 4) is 6.19 Å². The number of alkyl halides is 4. The van der Waals surface area contributed by atoms with Crippen molar-refractivity contribution in [1.82, 2.24) is 4.90 Å². The van der Waals surface area contributed by atoms with Crippen LogP contribution in [0.15, 0.2) is 18.2 Å². The fourth-order valence-corrected chi connectivity index (χ4v) is 2.42. The number of likely N-dealkylation sites (tertiary alicyclic amines) is 1. The van der Waals surface area contributed by atoms with Crippen LogP contribution < -0.4 is 0 Å². The molecule has 0 amide bonds. The average Bonchev–Trinajstić information content (AvgIpc) is 2.70. The molecule has 1 aliphatic rings. The van der Waals surface area contributed by atoms with Gasteiger partial charge < -0.3 is 4.90 Å². The van der Waals surface area contributed by atoms with Crippen molar-refractivity contribution >= 4 is 11.6 Å². The normalized spacial score (nSPS) is 23.5. The fraction of sp³-hybridized carbons (Fsp3) is 0.417. The SMILES string of the molecule is N#CN1CCC(F)C1c1ccc(Cl)c(C(F)(F)F)c1.